The fourth-order valence-electron chi connectivity index (χ4n) is 8.87. The number of imide groups is 1. The van der Waals surface area contributed by atoms with E-state index >= 15 is 4.39 Å². The number of anilines is 1. The van der Waals surface area contributed by atoms with E-state index in [9.17, 15) is 58.2 Å². The van der Waals surface area contributed by atoms with E-state index in [-0.39, 0.29) is 109 Å². The van der Waals surface area contributed by atoms with Crippen molar-refractivity contribution >= 4 is 81.7 Å². The first-order valence-electron chi connectivity index (χ1n) is 23.9. The zero-order valence-electron chi connectivity index (χ0n) is 41.4. The highest BCUT2D eigenvalue weighted by Gasteiger charge is 2.46. The molecule has 0 saturated heterocycles. The third-order valence-electron chi connectivity index (χ3n) is 13.1. The van der Waals surface area contributed by atoms with Gasteiger partial charge in [-0.1, -0.05) is 44.5 Å². The third-order valence-corrected chi connectivity index (χ3v) is 13.5. The van der Waals surface area contributed by atoms with Crippen molar-refractivity contribution in [2.24, 2.45) is 5.92 Å². The second-order valence-electron chi connectivity index (χ2n) is 18.7. The Hall–Kier alpha value is -8.05. The molecule has 0 saturated carbocycles. The summed E-state index contributed by atoms with van der Waals surface area (Å²) >= 11 is 6.73. The van der Waals surface area contributed by atoms with Gasteiger partial charge >= 0.3 is 18.0 Å². The Morgan fingerprint density at radius 1 is 0.920 bits per heavy atom. The number of nitrogens with zero attached hydrogens (tertiary/aromatic N) is 3. The van der Waals surface area contributed by atoms with Gasteiger partial charge in [0.25, 0.3) is 17.4 Å². The molecule has 396 valence electrons. The molecule has 0 bridgehead atoms. The number of halogens is 2. The SMILES string of the molecule is CC[C@@]1(O)C(=O)OCc2c1cc1n(c2=O)Cc2c-1nc1cc(F)c(C)c(Cl)c1c2CNC(=O)OCc1ccc(NC(=O)[C@H](CCC(=O)O)NC(=O)[C@H](C)NC(=O)[C@@H](CC(C)C)NC(=O)CCN2C(=O)C=CC2=O)cc1. The molecule has 4 aromatic rings. The predicted molar refractivity (Wildman–Crippen MR) is 265 cm³/mol. The molecule has 5 heterocycles. The molecule has 3 aliphatic rings. The number of carboxylic acids is 1. The summed E-state index contributed by atoms with van der Waals surface area (Å²) in [5, 5.41) is 33.9. The number of alkyl carbamates (subject to hydrolysis) is 1. The number of carboxylic acid groups (broad SMARTS) is 1. The van der Waals surface area contributed by atoms with E-state index in [1.165, 1.54) is 54.8 Å². The van der Waals surface area contributed by atoms with Gasteiger partial charge < -0.3 is 50.8 Å². The molecular formula is C51H54ClFN8O14. The van der Waals surface area contributed by atoms with Crippen LogP contribution in [0.5, 0.6) is 0 Å². The number of aromatic nitrogens is 2. The van der Waals surface area contributed by atoms with Gasteiger partial charge in [0.1, 0.15) is 37.2 Å². The zero-order valence-corrected chi connectivity index (χ0v) is 42.1. The van der Waals surface area contributed by atoms with Crippen molar-refractivity contribution in [3.8, 4) is 11.4 Å². The van der Waals surface area contributed by atoms with E-state index in [4.69, 9.17) is 21.1 Å². The first-order chi connectivity index (χ1) is 35.5. The summed E-state index contributed by atoms with van der Waals surface area (Å²) in [4.78, 5) is 134. The molecule has 0 radical (unpaired) electrons. The van der Waals surface area contributed by atoms with Crippen molar-refractivity contribution in [2.75, 3.05) is 11.9 Å². The van der Waals surface area contributed by atoms with E-state index in [0.29, 0.717) is 22.1 Å². The van der Waals surface area contributed by atoms with Crippen LogP contribution in [0.3, 0.4) is 0 Å². The second-order valence-corrected chi connectivity index (χ2v) is 19.1. The number of pyridine rings is 2. The number of ether oxygens (including phenoxy) is 2. The van der Waals surface area contributed by atoms with Crippen molar-refractivity contribution in [2.45, 2.75) is 117 Å². The molecule has 22 nitrogen and oxygen atoms in total. The number of carbonyl (C=O) groups excluding carboxylic acids is 8. The number of nitrogens with one attached hydrogen (secondary N) is 5. The van der Waals surface area contributed by atoms with E-state index < -0.39 is 95.0 Å². The van der Waals surface area contributed by atoms with Gasteiger partial charge in [-0.15, -0.1) is 0 Å². The van der Waals surface area contributed by atoms with Gasteiger partial charge in [0, 0.05) is 71.9 Å². The number of esters is 1. The van der Waals surface area contributed by atoms with Crippen LogP contribution in [0.2, 0.25) is 5.02 Å². The van der Waals surface area contributed by atoms with Crippen LogP contribution >= 0.6 is 11.6 Å². The average molecular weight is 1060 g/mol. The van der Waals surface area contributed by atoms with Crippen molar-refractivity contribution in [1.29, 1.82) is 0 Å². The minimum atomic E-state index is -2.08. The topological polar surface area (TPSA) is 311 Å². The highest BCUT2D eigenvalue weighted by molar-refractivity contribution is 6.36. The Bertz CT molecular complexity index is 3120. The molecule has 4 atom stereocenters. The minimum absolute atomic E-state index is 0.0359. The lowest BCUT2D eigenvalue weighted by Gasteiger charge is -2.31. The van der Waals surface area contributed by atoms with Crippen LogP contribution in [0.15, 0.2) is 53.3 Å². The maximum absolute atomic E-state index is 15.1. The Balaban J connectivity index is 0.968. The number of hydrogen-bond acceptors (Lipinski definition) is 14. The van der Waals surface area contributed by atoms with Crippen molar-refractivity contribution < 1.29 is 67.2 Å². The number of aliphatic carboxylic acids is 1. The number of aliphatic hydroxyl groups is 1. The van der Waals surface area contributed by atoms with Crippen molar-refractivity contribution in [3.05, 3.63) is 103 Å². The molecule has 0 spiro atoms. The standard InChI is InChI=1S/C51H54ClFN8O14/c1-6-51(73)32-18-37-44-30(21-61(37)48(70)31(32)23-74-49(51)71)29(42-35(58-44)19-33(53)25(4)43(42)52)20-54-50(72)75-22-27-7-9-28(10-8-27)56-46(68)34(11-14-41(65)66)59-45(67)26(5)55-47(69)36(17-24(2)3)57-38(62)15-16-60-39(63)12-13-40(60)64/h7-10,12-13,18-19,24,26,34,36,73H,6,11,14-17,20-23H2,1-5H3,(H,54,72)(H,55,69)(H,56,68)(H,57,62)(H,59,67)(H,65,66)/t26-,34-,36+,51-/m0/s1. The van der Waals surface area contributed by atoms with E-state index in [0.717, 1.165) is 17.1 Å². The van der Waals surface area contributed by atoms with Gasteiger partial charge in [0.05, 0.1) is 34.0 Å². The van der Waals surface area contributed by atoms with Gasteiger partial charge in [-0.2, -0.15) is 0 Å². The zero-order chi connectivity index (χ0) is 54.6. The molecule has 3 aliphatic heterocycles. The molecule has 75 heavy (non-hydrogen) atoms. The average Bonchev–Trinajstić information content (AvgIpc) is 3.90. The first-order valence-corrected chi connectivity index (χ1v) is 24.3. The van der Waals surface area contributed by atoms with Crippen LogP contribution in [0, 0.1) is 18.7 Å². The number of fused-ring (bicyclic) bond motifs is 5. The van der Waals surface area contributed by atoms with Crippen LogP contribution < -0.4 is 32.1 Å². The lowest BCUT2D eigenvalue weighted by molar-refractivity contribution is -0.172. The summed E-state index contributed by atoms with van der Waals surface area (Å²) in [5.74, 6) is -6.96. The maximum atomic E-state index is 15.1. The van der Waals surface area contributed by atoms with Crippen molar-refractivity contribution in [3.63, 3.8) is 0 Å². The lowest BCUT2D eigenvalue weighted by atomic mass is 9.86. The Kier molecular flexibility index (Phi) is 16.5. The molecule has 0 fully saturated rings. The summed E-state index contributed by atoms with van der Waals surface area (Å²) in [6.07, 6.45) is 0.276. The number of hydrogen-bond donors (Lipinski definition) is 7. The van der Waals surface area contributed by atoms with E-state index in [1.807, 2.05) is 0 Å². The van der Waals surface area contributed by atoms with Crippen LogP contribution in [-0.2, 0) is 79.7 Å². The smallest absolute Gasteiger partial charge is 0.407 e. The van der Waals surface area contributed by atoms with Gasteiger partial charge in [-0.05, 0) is 68.4 Å². The van der Waals surface area contributed by atoms with Gasteiger partial charge in [-0.25, -0.2) is 19.0 Å². The molecule has 0 unspecified atom stereocenters. The van der Waals surface area contributed by atoms with Crippen LogP contribution in [0.4, 0.5) is 14.9 Å². The molecule has 7 N–H and O–H groups in total. The molecule has 7 amide bonds. The van der Waals surface area contributed by atoms with E-state index in [2.05, 4.69) is 31.6 Å². The lowest BCUT2D eigenvalue weighted by Crippen LogP contribution is -2.55. The number of carbonyl (C=O) groups is 9. The molecule has 2 aromatic carbocycles. The fraction of sp³-hybridized carbons (Fsp3) is 0.392. The Morgan fingerprint density at radius 2 is 1.61 bits per heavy atom. The summed E-state index contributed by atoms with van der Waals surface area (Å²) in [5.41, 5.74) is -0.0729. The molecule has 7 rings (SSSR count). The number of benzene rings is 2. The third kappa shape index (κ3) is 11.8. The largest absolute Gasteiger partial charge is 0.481 e. The molecule has 0 aliphatic carbocycles. The molecule has 2 aromatic heterocycles. The maximum Gasteiger partial charge on any atom is 0.407 e. The summed E-state index contributed by atoms with van der Waals surface area (Å²) < 4.78 is 27.2. The monoisotopic (exact) mass is 1060 g/mol. The van der Waals surface area contributed by atoms with Gasteiger partial charge in [0.2, 0.25) is 23.6 Å². The van der Waals surface area contributed by atoms with E-state index in [1.54, 1.807) is 20.8 Å². The van der Waals surface area contributed by atoms with Crippen LogP contribution in [0.25, 0.3) is 22.3 Å². The number of amides is 7. The summed E-state index contributed by atoms with van der Waals surface area (Å²) in [7, 11) is 0. The minimum Gasteiger partial charge on any atom is -0.481 e. The van der Waals surface area contributed by atoms with Crippen molar-refractivity contribution in [1.82, 2.24) is 35.7 Å². The number of cyclic esters (lactones) is 1. The van der Waals surface area contributed by atoms with Crippen LogP contribution in [0.1, 0.15) is 93.2 Å². The van der Waals surface area contributed by atoms with Gasteiger partial charge in [-0.3, -0.25) is 43.3 Å². The Labute approximate surface area is 432 Å². The normalized spacial score (nSPS) is 16.6. The highest BCUT2D eigenvalue weighted by atomic mass is 35.5. The van der Waals surface area contributed by atoms with Crippen LogP contribution in [-0.4, -0.2) is 103 Å². The molecule has 24 heteroatoms. The fourth-order valence-corrected chi connectivity index (χ4v) is 9.17. The Morgan fingerprint density at radius 3 is 2.27 bits per heavy atom. The van der Waals surface area contributed by atoms with Gasteiger partial charge in [0.15, 0.2) is 5.60 Å². The molecular weight excluding hydrogens is 1000 g/mol. The summed E-state index contributed by atoms with van der Waals surface area (Å²) in [6.45, 7) is 6.94. The highest BCUT2D eigenvalue weighted by Crippen LogP contribution is 2.42. The quantitative estimate of drug-likeness (QED) is 0.0435. The number of rotatable bonds is 20. The summed E-state index contributed by atoms with van der Waals surface area (Å²) in [6, 6.07) is 4.97. The second kappa shape index (κ2) is 22.6. The first kappa shape index (κ1) is 54.7. The predicted octanol–water partition coefficient (Wildman–Crippen LogP) is 3.25.